The number of hydrogen-bond donors (Lipinski definition) is 2. The second kappa shape index (κ2) is 4.71. The fourth-order valence-corrected chi connectivity index (χ4v) is 0.705. The van der Waals surface area contributed by atoms with Crippen LogP contribution in [0.2, 0.25) is 0 Å². The second-order valence-corrected chi connectivity index (χ2v) is 2.83. The molecular formula is C7H14N2O2. The fraction of sp³-hybridized carbons (Fsp3) is 0.714. The van der Waals surface area contributed by atoms with E-state index in [0.717, 1.165) is 0 Å². The van der Waals surface area contributed by atoms with Gasteiger partial charge in [0, 0.05) is 0 Å². The Morgan fingerprint density at radius 1 is 1.27 bits per heavy atom. The summed E-state index contributed by atoms with van der Waals surface area (Å²) >= 11 is 0. The Morgan fingerprint density at radius 3 is 2.09 bits per heavy atom. The van der Waals surface area contributed by atoms with Gasteiger partial charge in [0.05, 0.1) is 0 Å². The van der Waals surface area contributed by atoms with E-state index in [4.69, 9.17) is 10.4 Å². The number of rotatable bonds is 3. The summed E-state index contributed by atoms with van der Waals surface area (Å²) in [6.45, 7) is 5.59. The first kappa shape index (κ1) is 9.94. The van der Waals surface area contributed by atoms with E-state index in [9.17, 15) is 0 Å². The molecule has 0 amide bonds. The molecule has 0 aromatic heterocycles. The zero-order valence-electron chi connectivity index (χ0n) is 7.07. The third kappa shape index (κ3) is 3.60. The zero-order valence-corrected chi connectivity index (χ0v) is 7.07. The summed E-state index contributed by atoms with van der Waals surface area (Å²) in [5.41, 5.74) is 0.795. The van der Waals surface area contributed by atoms with Crippen molar-refractivity contribution in [2.75, 3.05) is 0 Å². The highest BCUT2D eigenvalue weighted by Gasteiger charge is 2.07. The quantitative estimate of drug-likeness (QED) is 0.373. The Balaban J connectivity index is 4.21. The molecule has 4 heteroatoms. The Bertz CT molecular complexity index is 173. The molecule has 0 rings (SSSR count). The van der Waals surface area contributed by atoms with E-state index in [2.05, 4.69) is 10.3 Å². The van der Waals surface area contributed by atoms with Crippen molar-refractivity contribution in [3.8, 4) is 0 Å². The minimum absolute atomic E-state index is 0.362. The summed E-state index contributed by atoms with van der Waals surface area (Å²) in [5.74, 6) is 0.387. The standard InChI is InChI=1S/C7H14N2O2/c1-5(2)4-7(9-11)6(3)8-10/h5,10-11H,4H2,1-3H3/b8-6+,9-7+. The molecule has 0 aromatic carbocycles. The summed E-state index contributed by atoms with van der Waals surface area (Å²) in [7, 11) is 0. The van der Waals surface area contributed by atoms with Gasteiger partial charge in [-0.15, -0.1) is 0 Å². The predicted molar refractivity (Wildman–Crippen MR) is 43.6 cm³/mol. The van der Waals surface area contributed by atoms with Crippen LogP contribution in [0.5, 0.6) is 0 Å². The Kier molecular flexibility index (Phi) is 4.26. The topological polar surface area (TPSA) is 65.2 Å². The molecule has 0 unspecified atom stereocenters. The van der Waals surface area contributed by atoms with Crippen molar-refractivity contribution in [1.29, 1.82) is 0 Å². The normalized spacial score (nSPS) is 14.2. The lowest BCUT2D eigenvalue weighted by molar-refractivity contribution is 0.312. The Labute approximate surface area is 66.2 Å². The molecule has 0 saturated heterocycles. The smallest absolute Gasteiger partial charge is 0.104 e. The lowest BCUT2D eigenvalue weighted by Gasteiger charge is -2.04. The predicted octanol–water partition coefficient (Wildman–Crippen LogP) is 1.71. The molecule has 0 fully saturated rings. The van der Waals surface area contributed by atoms with Crippen LogP contribution in [0.3, 0.4) is 0 Å². The van der Waals surface area contributed by atoms with Crippen LogP contribution in [0, 0.1) is 5.92 Å². The van der Waals surface area contributed by atoms with Gasteiger partial charge < -0.3 is 10.4 Å². The highest BCUT2D eigenvalue weighted by atomic mass is 16.4. The van der Waals surface area contributed by atoms with E-state index < -0.39 is 0 Å². The molecule has 0 radical (unpaired) electrons. The van der Waals surface area contributed by atoms with E-state index in [1.165, 1.54) is 0 Å². The van der Waals surface area contributed by atoms with Crippen LogP contribution in [0.4, 0.5) is 0 Å². The van der Waals surface area contributed by atoms with E-state index in [1.54, 1.807) is 6.92 Å². The lowest BCUT2D eigenvalue weighted by atomic mass is 10.0. The SMILES string of the molecule is CC(=N\O)/C(CC(C)C)=N/O. The maximum Gasteiger partial charge on any atom is 0.104 e. The summed E-state index contributed by atoms with van der Waals surface area (Å²) < 4.78 is 0. The first-order valence-corrected chi connectivity index (χ1v) is 3.51. The lowest BCUT2D eigenvalue weighted by Crippen LogP contribution is -2.13. The third-order valence-corrected chi connectivity index (χ3v) is 1.29. The summed E-state index contributed by atoms with van der Waals surface area (Å²) in [6.07, 6.45) is 0.617. The van der Waals surface area contributed by atoms with Crippen molar-refractivity contribution in [2.24, 2.45) is 16.2 Å². The van der Waals surface area contributed by atoms with Crippen LogP contribution in [0.25, 0.3) is 0 Å². The molecular weight excluding hydrogens is 144 g/mol. The van der Waals surface area contributed by atoms with Crippen molar-refractivity contribution in [1.82, 2.24) is 0 Å². The van der Waals surface area contributed by atoms with Crippen LogP contribution in [0.15, 0.2) is 10.3 Å². The van der Waals surface area contributed by atoms with Crippen molar-refractivity contribution in [2.45, 2.75) is 27.2 Å². The molecule has 0 aliphatic rings. The zero-order chi connectivity index (χ0) is 8.85. The van der Waals surface area contributed by atoms with Crippen molar-refractivity contribution in [3.63, 3.8) is 0 Å². The van der Waals surface area contributed by atoms with Crippen molar-refractivity contribution >= 4 is 11.4 Å². The van der Waals surface area contributed by atoms with Crippen LogP contribution >= 0.6 is 0 Å². The minimum atomic E-state index is 0.362. The van der Waals surface area contributed by atoms with Gasteiger partial charge in [0.25, 0.3) is 0 Å². The van der Waals surface area contributed by atoms with E-state index >= 15 is 0 Å². The molecule has 0 aromatic rings. The van der Waals surface area contributed by atoms with Gasteiger partial charge in [0.15, 0.2) is 0 Å². The second-order valence-electron chi connectivity index (χ2n) is 2.83. The van der Waals surface area contributed by atoms with Crippen LogP contribution < -0.4 is 0 Å². The number of hydrogen-bond acceptors (Lipinski definition) is 4. The molecule has 0 bridgehead atoms. The van der Waals surface area contributed by atoms with Crippen LogP contribution in [-0.4, -0.2) is 21.8 Å². The third-order valence-electron chi connectivity index (χ3n) is 1.29. The van der Waals surface area contributed by atoms with Gasteiger partial charge in [0.1, 0.15) is 11.4 Å². The average Bonchev–Trinajstić information content (AvgIpc) is 1.98. The highest BCUT2D eigenvalue weighted by molar-refractivity contribution is 6.41. The summed E-state index contributed by atoms with van der Waals surface area (Å²) in [6, 6.07) is 0. The molecule has 2 N–H and O–H groups in total. The monoisotopic (exact) mass is 158 g/mol. The van der Waals surface area contributed by atoms with Gasteiger partial charge in [-0.05, 0) is 19.3 Å². The van der Waals surface area contributed by atoms with Gasteiger partial charge in [-0.2, -0.15) is 0 Å². The van der Waals surface area contributed by atoms with Crippen LogP contribution in [-0.2, 0) is 0 Å². The van der Waals surface area contributed by atoms with Gasteiger partial charge >= 0.3 is 0 Å². The maximum absolute atomic E-state index is 8.47. The average molecular weight is 158 g/mol. The Hall–Kier alpha value is -1.06. The minimum Gasteiger partial charge on any atom is -0.411 e. The molecule has 0 aliphatic heterocycles. The van der Waals surface area contributed by atoms with Crippen molar-refractivity contribution in [3.05, 3.63) is 0 Å². The molecule has 11 heavy (non-hydrogen) atoms. The molecule has 64 valence electrons. The van der Waals surface area contributed by atoms with E-state index in [0.29, 0.717) is 23.8 Å². The summed E-state index contributed by atoms with van der Waals surface area (Å²) in [5, 5.41) is 22.8. The first-order valence-electron chi connectivity index (χ1n) is 3.51. The summed E-state index contributed by atoms with van der Waals surface area (Å²) in [4.78, 5) is 0. The molecule has 0 heterocycles. The molecule has 0 spiro atoms. The highest BCUT2D eigenvalue weighted by Crippen LogP contribution is 2.02. The molecule has 0 saturated carbocycles. The molecule has 0 aliphatic carbocycles. The van der Waals surface area contributed by atoms with E-state index in [1.807, 2.05) is 13.8 Å². The fourth-order valence-electron chi connectivity index (χ4n) is 0.705. The van der Waals surface area contributed by atoms with E-state index in [-0.39, 0.29) is 0 Å². The van der Waals surface area contributed by atoms with Crippen LogP contribution in [0.1, 0.15) is 27.2 Å². The number of oxime groups is 2. The molecule has 4 nitrogen and oxygen atoms in total. The molecule has 0 atom stereocenters. The van der Waals surface area contributed by atoms with Gasteiger partial charge in [-0.25, -0.2) is 0 Å². The first-order chi connectivity index (χ1) is 5.11. The largest absolute Gasteiger partial charge is 0.411 e. The number of nitrogens with zero attached hydrogens (tertiary/aromatic N) is 2. The van der Waals surface area contributed by atoms with Crippen molar-refractivity contribution < 1.29 is 10.4 Å². The maximum atomic E-state index is 8.47. The van der Waals surface area contributed by atoms with Gasteiger partial charge in [0.2, 0.25) is 0 Å². The van der Waals surface area contributed by atoms with Gasteiger partial charge in [-0.3, -0.25) is 0 Å². The van der Waals surface area contributed by atoms with Gasteiger partial charge in [-0.1, -0.05) is 24.2 Å². The Morgan fingerprint density at radius 2 is 1.82 bits per heavy atom.